The molecule has 0 bridgehead atoms. The summed E-state index contributed by atoms with van der Waals surface area (Å²) in [6, 6.07) is 9.12. The molecule has 0 spiro atoms. The molecule has 2 atom stereocenters. The molecule has 1 aromatic rings. The molecule has 0 saturated heterocycles. The quantitative estimate of drug-likeness (QED) is 0.826. The molecular weight excluding hydrogens is 222 g/mol. The summed E-state index contributed by atoms with van der Waals surface area (Å²) >= 11 is 0. The SMILES string of the molecule is NC1CCCCC(c2ccc(OC3CC3)cc2)C1. The Bertz CT molecular complexity index is 383. The van der Waals surface area contributed by atoms with Gasteiger partial charge in [0.15, 0.2) is 0 Å². The van der Waals surface area contributed by atoms with Crippen molar-refractivity contribution in [3.05, 3.63) is 29.8 Å². The van der Waals surface area contributed by atoms with Gasteiger partial charge in [-0.05, 0) is 55.7 Å². The van der Waals surface area contributed by atoms with E-state index in [1.165, 1.54) is 44.1 Å². The van der Waals surface area contributed by atoms with E-state index < -0.39 is 0 Å². The molecule has 3 rings (SSSR count). The van der Waals surface area contributed by atoms with Crippen molar-refractivity contribution in [3.63, 3.8) is 0 Å². The number of hydrogen-bond acceptors (Lipinski definition) is 2. The molecule has 2 nitrogen and oxygen atoms in total. The van der Waals surface area contributed by atoms with Crippen LogP contribution in [0.4, 0.5) is 0 Å². The molecule has 0 aliphatic heterocycles. The summed E-state index contributed by atoms with van der Waals surface area (Å²) in [4.78, 5) is 0. The van der Waals surface area contributed by atoms with Gasteiger partial charge in [0.1, 0.15) is 5.75 Å². The molecule has 18 heavy (non-hydrogen) atoms. The van der Waals surface area contributed by atoms with E-state index in [0.717, 1.165) is 12.2 Å². The highest BCUT2D eigenvalue weighted by atomic mass is 16.5. The third kappa shape index (κ3) is 3.05. The monoisotopic (exact) mass is 245 g/mol. The maximum Gasteiger partial charge on any atom is 0.119 e. The fourth-order valence-corrected chi connectivity index (χ4v) is 2.90. The summed E-state index contributed by atoms with van der Waals surface area (Å²) in [5.74, 6) is 1.68. The van der Waals surface area contributed by atoms with Gasteiger partial charge in [-0.2, -0.15) is 0 Å². The van der Waals surface area contributed by atoms with Crippen LogP contribution in [-0.4, -0.2) is 12.1 Å². The third-order valence-electron chi connectivity index (χ3n) is 4.14. The molecule has 2 unspecified atom stereocenters. The van der Waals surface area contributed by atoms with Crippen molar-refractivity contribution in [2.45, 2.75) is 63.0 Å². The second-order valence-corrected chi connectivity index (χ2v) is 5.86. The molecule has 2 fully saturated rings. The lowest BCUT2D eigenvalue weighted by atomic mass is 9.90. The summed E-state index contributed by atoms with van der Waals surface area (Å²) in [5.41, 5.74) is 7.58. The maximum atomic E-state index is 6.14. The molecular formula is C16H23NO. The minimum absolute atomic E-state index is 0.389. The Morgan fingerprint density at radius 3 is 2.39 bits per heavy atom. The molecule has 0 aromatic heterocycles. The Hall–Kier alpha value is -1.02. The average molecular weight is 245 g/mol. The summed E-state index contributed by atoms with van der Waals surface area (Å²) in [6.07, 6.45) is 9.17. The van der Waals surface area contributed by atoms with Crippen molar-refractivity contribution in [2.24, 2.45) is 5.73 Å². The first-order valence-corrected chi connectivity index (χ1v) is 7.33. The van der Waals surface area contributed by atoms with E-state index in [-0.39, 0.29) is 0 Å². The van der Waals surface area contributed by atoms with E-state index >= 15 is 0 Å². The van der Waals surface area contributed by atoms with Crippen LogP contribution in [0.3, 0.4) is 0 Å². The Balaban J connectivity index is 1.66. The lowest BCUT2D eigenvalue weighted by molar-refractivity contribution is 0.303. The summed E-state index contributed by atoms with van der Waals surface area (Å²) < 4.78 is 5.79. The zero-order valence-corrected chi connectivity index (χ0v) is 11.0. The van der Waals surface area contributed by atoms with Crippen LogP contribution in [0.2, 0.25) is 0 Å². The summed E-state index contributed by atoms with van der Waals surface area (Å²) in [5, 5.41) is 0. The van der Waals surface area contributed by atoms with Crippen LogP contribution in [0.5, 0.6) is 5.75 Å². The van der Waals surface area contributed by atoms with E-state index in [0.29, 0.717) is 18.1 Å². The fraction of sp³-hybridized carbons (Fsp3) is 0.625. The predicted octanol–water partition coefficient (Wildman–Crippen LogP) is 3.60. The average Bonchev–Trinajstić information content (AvgIpc) is 3.18. The highest BCUT2D eigenvalue weighted by molar-refractivity contribution is 5.30. The van der Waals surface area contributed by atoms with Crippen LogP contribution in [-0.2, 0) is 0 Å². The van der Waals surface area contributed by atoms with Gasteiger partial charge in [0.25, 0.3) is 0 Å². The first-order chi connectivity index (χ1) is 8.81. The highest BCUT2D eigenvalue weighted by Gasteiger charge is 2.23. The molecule has 0 heterocycles. The molecule has 2 N–H and O–H groups in total. The van der Waals surface area contributed by atoms with E-state index in [4.69, 9.17) is 10.5 Å². The van der Waals surface area contributed by atoms with Crippen molar-refractivity contribution in [2.75, 3.05) is 0 Å². The minimum atomic E-state index is 0.389. The zero-order chi connectivity index (χ0) is 12.4. The standard InChI is InChI=1S/C16H23NO/c17-14-4-2-1-3-13(11-14)12-5-7-15(8-6-12)18-16-9-10-16/h5-8,13-14,16H,1-4,9-11,17H2. The lowest BCUT2D eigenvalue weighted by Crippen LogP contribution is -2.20. The van der Waals surface area contributed by atoms with Crippen LogP contribution in [0, 0.1) is 0 Å². The number of rotatable bonds is 3. The van der Waals surface area contributed by atoms with E-state index in [9.17, 15) is 0 Å². The van der Waals surface area contributed by atoms with Crippen LogP contribution in [0.15, 0.2) is 24.3 Å². The van der Waals surface area contributed by atoms with Gasteiger partial charge in [0.05, 0.1) is 6.10 Å². The summed E-state index contributed by atoms with van der Waals surface area (Å²) in [6.45, 7) is 0. The van der Waals surface area contributed by atoms with Crippen molar-refractivity contribution in [1.82, 2.24) is 0 Å². The molecule has 2 saturated carbocycles. The fourth-order valence-electron chi connectivity index (χ4n) is 2.90. The van der Waals surface area contributed by atoms with Gasteiger partial charge in [0.2, 0.25) is 0 Å². The van der Waals surface area contributed by atoms with Gasteiger partial charge in [-0.25, -0.2) is 0 Å². The molecule has 2 aliphatic rings. The van der Waals surface area contributed by atoms with Gasteiger partial charge in [-0.1, -0.05) is 25.0 Å². The number of benzene rings is 1. The van der Waals surface area contributed by atoms with Gasteiger partial charge in [0, 0.05) is 6.04 Å². The Morgan fingerprint density at radius 1 is 0.944 bits per heavy atom. The molecule has 1 aromatic carbocycles. The highest BCUT2D eigenvalue weighted by Crippen LogP contribution is 2.33. The van der Waals surface area contributed by atoms with Crippen molar-refractivity contribution >= 4 is 0 Å². The largest absolute Gasteiger partial charge is 0.490 e. The Labute approximate surface area is 110 Å². The minimum Gasteiger partial charge on any atom is -0.490 e. The first kappa shape index (κ1) is 12.0. The van der Waals surface area contributed by atoms with Crippen LogP contribution < -0.4 is 10.5 Å². The normalized spacial score (nSPS) is 28.7. The van der Waals surface area contributed by atoms with Crippen molar-refractivity contribution in [1.29, 1.82) is 0 Å². The maximum absolute atomic E-state index is 6.14. The second-order valence-electron chi connectivity index (χ2n) is 5.86. The first-order valence-electron chi connectivity index (χ1n) is 7.33. The van der Waals surface area contributed by atoms with E-state index in [1.807, 2.05) is 0 Å². The lowest BCUT2D eigenvalue weighted by Gasteiger charge is -2.18. The smallest absolute Gasteiger partial charge is 0.119 e. The van der Waals surface area contributed by atoms with Crippen LogP contribution in [0.25, 0.3) is 0 Å². The van der Waals surface area contributed by atoms with Gasteiger partial charge in [-0.3, -0.25) is 0 Å². The predicted molar refractivity (Wildman–Crippen MR) is 73.9 cm³/mol. The summed E-state index contributed by atoms with van der Waals surface area (Å²) in [7, 11) is 0. The van der Waals surface area contributed by atoms with Gasteiger partial charge >= 0.3 is 0 Å². The van der Waals surface area contributed by atoms with Crippen molar-refractivity contribution < 1.29 is 4.74 Å². The number of nitrogens with two attached hydrogens (primary N) is 1. The number of ether oxygens (including phenoxy) is 1. The second kappa shape index (κ2) is 5.31. The molecule has 98 valence electrons. The molecule has 0 radical (unpaired) electrons. The number of hydrogen-bond donors (Lipinski definition) is 1. The van der Waals surface area contributed by atoms with Crippen molar-refractivity contribution in [3.8, 4) is 5.75 Å². The topological polar surface area (TPSA) is 35.2 Å². The van der Waals surface area contributed by atoms with E-state index in [1.54, 1.807) is 0 Å². The van der Waals surface area contributed by atoms with Gasteiger partial charge < -0.3 is 10.5 Å². The van der Waals surface area contributed by atoms with Crippen LogP contribution in [0.1, 0.15) is 56.4 Å². The molecule has 0 amide bonds. The van der Waals surface area contributed by atoms with Crippen LogP contribution >= 0.6 is 0 Å². The van der Waals surface area contributed by atoms with E-state index in [2.05, 4.69) is 24.3 Å². The molecule has 2 heteroatoms. The zero-order valence-electron chi connectivity index (χ0n) is 11.0. The molecule has 2 aliphatic carbocycles. The Morgan fingerprint density at radius 2 is 1.67 bits per heavy atom. The Kier molecular flexibility index (Phi) is 3.55. The third-order valence-corrected chi connectivity index (χ3v) is 4.14. The van der Waals surface area contributed by atoms with Gasteiger partial charge in [-0.15, -0.1) is 0 Å².